The maximum Gasteiger partial charge on any atom is 0.229 e. The largest absolute Gasteiger partial charge is 0.383 e. The molecule has 16 heteroatoms. The van der Waals surface area contributed by atoms with Crippen molar-refractivity contribution in [3.8, 4) is 22.5 Å². The second kappa shape index (κ2) is 15.8. The van der Waals surface area contributed by atoms with Gasteiger partial charge in [0, 0.05) is 87.3 Å². The fourth-order valence-corrected chi connectivity index (χ4v) is 6.84. The second-order valence-corrected chi connectivity index (χ2v) is 15.1. The van der Waals surface area contributed by atoms with E-state index >= 15 is 0 Å². The topological polar surface area (TPSA) is 228 Å². The minimum Gasteiger partial charge on any atom is -0.383 e. The van der Waals surface area contributed by atoms with E-state index in [1.54, 1.807) is 77.5 Å². The summed E-state index contributed by atoms with van der Waals surface area (Å²) in [6.45, 7) is 3.97. The zero-order valence-electron chi connectivity index (χ0n) is 33.0. The Morgan fingerprint density at radius 1 is 0.603 bits per heavy atom. The first-order chi connectivity index (χ1) is 27.7. The molecule has 0 aliphatic heterocycles. The number of fused-ring (bicyclic) bond motifs is 2. The third-order valence-electron chi connectivity index (χ3n) is 10.4. The lowest BCUT2D eigenvalue weighted by Crippen LogP contribution is -2.26. The molecule has 8 rings (SSSR count). The molecule has 2 aliphatic carbocycles. The normalized spacial score (nSPS) is 17.8. The molecule has 0 bridgehead atoms. The molecule has 6 aromatic heterocycles. The van der Waals surface area contributed by atoms with Gasteiger partial charge in [0.05, 0.1) is 35.1 Å². The molecular weight excluding hydrogens is 737 g/mol. The van der Waals surface area contributed by atoms with Crippen molar-refractivity contribution >= 4 is 68.4 Å². The minimum atomic E-state index is -0.307. The highest BCUT2D eigenvalue weighted by Gasteiger charge is 2.49. The molecule has 0 spiro atoms. The third kappa shape index (κ3) is 8.21. The number of rotatable bonds is 8. The number of anilines is 4. The molecule has 6 heterocycles. The predicted molar refractivity (Wildman–Crippen MR) is 222 cm³/mol. The lowest BCUT2D eigenvalue weighted by atomic mass is 10.1. The first-order valence-corrected chi connectivity index (χ1v) is 18.7. The molecule has 296 valence electrons. The standard InChI is InChI=1S/2C21H22N6O2/c2*1-11-4-5-23-9-15(11)17-6-12-7-18(24-10-16(12)19(22)25-17)26-20(28)13-8-14(13)21(29)27(2)3/h2*4-7,9-10,13-14H,8H2,1-3H3,(H2,22,25)(H,24,26,28)/t13?,14-;13-,14-/m01/s1. The van der Waals surface area contributed by atoms with Gasteiger partial charge >= 0.3 is 0 Å². The highest BCUT2D eigenvalue weighted by Crippen LogP contribution is 2.41. The van der Waals surface area contributed by atoms with Crippen LogP contribution in [0.4, 0.5) is 23.3 Å². The first-order valence-electron chi connectivity index (χ1n) is 18.7. The van der Waals surface area contributed by atoms with Crippen LogP contribution in [0.2, 0.25) is 0 Å². The van der Waals surface area contributed by atoms with Crippen LogP contribution in [-0.4, -0.2) is 91.5 Å². The van der Waals surface area contributed by atoms with E-state index in [2.05, 4.69) is 40.5 Å². The number of hydrogen-bond acceptors (Lipinski definition) is 12. The number of carbonyl (C=O) groups excluding carboxylic acids is 4. The predicted octanol–water partition coefficient (Wildman–Crippen LogP) is 4.49. The van der Waals surface area contributed by atoms with Crippen LogP contribution >= 0.6 is 0 Å². The summed E-state index contributed by atoms with van der Waals surface area (Å²) in [5.74, 6) is 0.0430. The van der Waals surface area contributed by atoms with E-state index in [0.29, 0.717) is 58.3 Å². The van der Waals surface area contributed by atoms with Crippen LogP contribution < -0.4 is 22.1 Å². The SMILES string of the molecule is Cc1ccncc1-c1cc2cc(NC(=O)C3C[C@@H]3C(=O)N(C)C)ncc2c(N)n1.Cc1ccncc1-c1cc2cc(NC(=O)[C@@H]3C[C@H]3C(=O)N(C)C)ncc2c(N)n1. The maximum absolute atomic E-state index is 12.5. The van der Waals surface area contributed by atoms with Crippen molar-refractivity contribution in [3.63, 3.8) is 0 Å². The smallest absolute Gasteiger partial charge is 0.229 e. The molecule has 4 amide bonds. The Hall–Kier alpha value is -7.10. The van der Waals surface area contributed by atoms with E-state index < -0.39 is 0 Å². The Bertz CT molecular complexity index is 2430. The van der Waals surface area contributed by atoms with Crippen molar-refractivity contribution in [1.29, 1.82) is 0 Å². The number of nitrogens with two attached hydrogens (primary N) is 2. The quantitative estimate of drug-likeness (QED) is 0.168. The van der Waals surface area contributed by atoms with E-state index in [1.165, 1.54) is 9.80 Å². The molecule has 6 aromatic rings. The number of aromatic nitrogens is 6. The van der Waals surface area contributed by atoms with Crippen molar-refractivity contribution in [1.82, 2.24) is 39.7 Å². The molecule has 0 radical (unpaired) electrons. The van der Waals surface area contributed by atoms with Crippen LogP contribution in [0.3, 0.4) is 0 Å². The van der Waals surface area contributed by atoms with Gasteiger partial charge in [0.1, 0.15) is 23.3 Å². The number of nitrogens with zero attached hydrogens (tertiary/aromatic N) is 8. The number of hydrogen-bond donors (Lipinski definition) is 4. The molecule has 0 saturated heterocycles. The van der Waals surface area contributed by atoms with E-state index in [9.17, 15) is 19.2 Å². The summed E-state index contributed by atoms with van der Waals surface area (Å²) in [6.07, 6.45) is 11.3. The van der Waals surface area contributed by atoms with E-state index in [-0.39, 0.29) is 47.3 Å². The van der Waals surface area contributed by atoms with Crippen molar-refractivity contribution in [2.75, 3.05) is 50.3 Å². The van der Waals surface area contributed by atoms with Gasteiger partial charge in [-0.05, 0) is 85.0 Å². The summed E-state index contributed by atoms with van der Waals surface area (Å²) in [6, 6.07) is 11.2. The number of nitrogen functional groups attached to an aromatic ring is 2. The Morgan fingerprint density at radius 2 is 1.00 bits per heavy atom. The average Bonchev–Trinajstić information content (AvgIpc) is 4.13. The zero-order valence-corrected chi connectivity index (χ0v) is 33.0. The average molecular weight is 781 g/mol. The molecular formula is C42H44N12O4. The summed E-state index contributed by atoms with van der Waals surface area (Å²) in [4.78, 5) is 77.8. The molecule has 1 unspecified atom stereocenters. The summed E-state index contributed by atoms with van der Waals surface area (Å²) >= 11 is 0. The summed E-state index contributed by atoms with van der Waals surface area (Å²) in [5.41, 5.74) is 17.6. The molecule has 2 fully saturated rings. The van der Waals surface area contributed by atoms with Gasteiger partial charge in [-0.25, -0.2) is 19.9 Å². The van der Waals surface area contributed by atoms with Gasteiger partial charge in [-0.2, -0.15) is 0 Å². The molecule has 0 aromatic carbocycles. The van der Waals surface area contributed by atoms with Gasteiger partial charge in [-0.15, -0.1) is 0 Å². The van der Waals surface area contributed by atoms with Gasteiger partial charge in [0.15, 0.2) is 0 Å². The zero-order chi connectivity index (χ0) is 41.4. The van der Waals surface area contributed by atoms with Gasteiger partial charge in [-0.3, -0.25) is 29.1 Å². The monoisotopic (exact) mass is 780 g/mol. The van der Waals surface area contributed by atoms with E-state index in [0.717, 1.165) is 33.0 Å². The van der Waals surface area contributed by atoms with Crippen molar-refractivity contribution in [2.45, 2.75) is 26.7 Å². The number of carbonyl (C=O) groups is 4. The molecule has 4 atom stereocenters. The minimum absolute atomic E-state index is 0.0213. The number of pyridine rings is 6. The Morgan fingerprint density at radius 3 is 1.36 bits per heavy atom. The number of amides is 4. The van der Waals surface area contributed by atoms with Gasteiger partial charge in [-0.1, -0.05) is 0 Å². The fraction of sp³-hybridized carbons (Fsp3) is 0.286. The first kappa shape index (κ1) is 39.1. The van der Waals surface area contributed by atoms with E-state index in [1.807, 2.05) is 38.1 Å². The fourth-order valence-electron chi connectivity index (χ4n) is 6.84. The van der Waals surface area contributed by atoms with Crippen LogP contribution in [0.25, 0.3) is 44.1 Å². The van der Waals surface area contributed by atoms with Crippen LogP contribution in [0.15, 0.2) is 73.6 Å². The summed E-state index contributed by atoms with van der Waals surface area (Å²) < 4.78 is 0. The Labute approximate surface area is 334 Å². The summed E-state index contributed by atoms with van der Waals surface area (Å²) in [5, 5.41) is 8.68. The van der Waals surface area contributed by atoms with Gasteiger partial charge in [0.25, 0.3) is 0 Å². The second-order valence-electron chi connectivity index (χ2n) is 15.1. The molecule has 2 aliphatic rings. The van der Waals surface area contributed by atoms with Crippen molar-refractivity contribution < 1.29 is 19.2 Å². The van der Waals surface area contributed by atoms with Crippen LogP contribution in [0.5, 0.6) is 0 Å². The third-order valence-corrected chi connectivity index (χ3v) is 10.4. The van der Waals surface area contributed by atoms with Crippen molar-refractivity contribution in [3.05, 3.63) is 84.7 Å². The van der Waals surface area contributed by atoms with Crippen LogP contribution in [-0.2, 0) is 19.2 Å². The summed E-state index contributed by atoms with van der Waals surface area (Å²) in [7, 11) is 6.78. The maximum atomic E-state index is 12.5. The Kier molecular flexibility index (Phi) is 10.7. The van der Waals surface area contributed by atoms with E-state index in [4.69, 9.17) is 11.5 Å². The van der Waals surface area contributed by atoms with Crippen LogP contribution in [0, 0.1) is 37.5 Å². The van der Waals surface area contributed by atoms with Crippen LogP contribution in [0.1, 0.15) is 24.0 Å². The molecule has 58 heavy (non-hydrogen) atoms. The number of aryl methyl sites for hydroxylation is 2. The van der Waals surface area contributed by atoms with Crippen molar-refractivity contribution in [2.24, 2.45) is 23.7 Å². The highest BCUT2D eigenvalue weighted by atomic mass is 16.2. The van der Waals surface area contributed by atoms with Gasteiger partial charge in [0.2, 0.25) is 23.6 Å². The molecule has 6 N–H and O–H groups in total. The number of nitrogens with one attached hydrogen (secondary N) is 2. The lowest BCUT2D eigenvalue weighted by molar-refractivity contribution is -0.132. The van der Waals surface area contributed by atoms with Gasteiger partial charge < -0.3 is 31.9 Å². The highest BCUT2D eigenvalue weighted by molar-refractivity contribution is 6.02. The molecule has 2 saturated carbocycles. The Balaban J connectivity index is 0.000000177. The lowest BCUT2D eigenvalue weighted by Gasteiger charge is -2.11. The molecule has 16 nitrogen and oxygen atoms in total.